The van der Waals surface area contributed by atoms with Crippen LogP contribution in [0.5, 0.6) is 0 Å². The van der Waals surface area contributed by atoms with E-state index in [1.807, 2.05) is 21.7 Å². The van der Waals surface area contributed by atoms with Gasteiger partial charge in [-0.1, -0.05) is 13.8 Å². The lowest BCUT2D eigenvalue weighted by atomic mass is 9.91. The highest BCUT2D eigenvalue weighted by Crippen LogP contribution is 2.21. The largest absolute Gasteiger partial charge is 0.352 e. The Morgan fingerprint density at radius 3 is 2.67 bits per heavy atom. The molecular formula is C16H24N2O2S. The summed E-state index contributed by atoms with van der Waals surface area (Å²) in [6.45, 7) is 6.72. The van der Waals surface area contributed by atoms with Crippen molar-refractivity contribution in [3.8, 4) is 0 Å². The van der Waals surface area contributed by atoms with E-state index >= 15 is 0 Å². The molecule has 2 amide bonds. The molecule has 0 radical (unpaired) electrons. The van der Waals surface area contributed by atoms with Crippen molar-refractivity contribution in [2.45, 2.75) is 33.1 Å². The maximum Gasteiger partial charge on any atom is 0.252 e. The fourth-order valence-corrected chi connectivity index (χ4v) is 3.60. The number of thiophene rings is 1. The van der Waals surface area contributed by atoms with Crippen molar-refractivity contribution in [1.82, 2.24) is 10.2 Å². The molecule has 0 aromatic carbocycles. The molecule has 1 aromatic heterocycles. The number of nitrogens with one attached hydrogen (secondary N) is 1. The normalized spacial score (nSPS) is 22.1. The van der Waals surface area contributed by atoms with Crippen LogP contribution in [-0.4, -0.2) is 36.3 Å². The molecule has 2 rings (SSSR count). The standard InChI is InChI=1S/C16H24N2O2S/c1-12-8-13(2)10-18(9-12)15(19)4-3-6-17-16(20)14-5-7-21-11-14/h5,7,11-13H,3-4,6,8-10H2,1-2H3,(H,17,20). The van der Waals surface area contributed by atoms with Gasteiger partial charge in [-0.2, -0.15) is 11.3 Å². The number of hydrogen-bond acceptors (Lipinski definition) is 3. The zero-order valence-corrected chi connectivity index (χ0v) is 13.6. The monoisotopic (exact) mass is 308 g/mol. The van der Waals surface area contributed by atoms with Crippen molar-refractivity contribution in [1.29, 1.82) is 0 Å². The number of likely N-dealkylation sites (tertiary alicyclic amines) is 1. The molecule has 0 spiro atoms. The van der Waals surface area contributed by atoms with E-state index in [2.05, 4.69) is 19.2 Å². The molecule has 1 fully saturated rings. The van der Waals surface area contributed by atoms with Crippen molar-refractivity contribution in [2.75, 3.05) is 19.6 Å². The van der Waals surface area contributed by atoms with E-state index in [-0.39, 0.29) is 11.8 Å². The molecule has 1 aliphatic heterocycles. The topological polar surface area (TPSA) is 49.4 Å². The smallest absolute Gasteiger partial charge is 0.252 e. The highest BCUT2D eigenvalue weighted by atomic mass is 32.1. The average molecular weight is 308 g/mol. The Labute approximate surface area is 130 Å². The van der Waals surface area contributed by atoms with Crippen molar-refractivity contribution in [2.24, 2.45) is 11.8 Å². The lowest BCUT2D eigenvalue weighted by Crippen LogP contribution is -2.42. The third kappa shape index (κ3) is 4.84. The van der Waals surface area contributed by atoms with Crippen LogP contribution in [0.2, 0.25) is 0 Å². The molecular weight excluding hydrogens is 284 g/mol. The molecule has 1 N–H and O–H groups in total. The van der Waals surface area contributed by atoms with Crippen molar-refractivity contribution >= 4 is 23.2 Å². The molecule has 0 bridgehead atoms. The number of hydrogen-bond donors (Lipinski definition) is 1. The highest BCUT2D eigenvalue weighted by Gasteiger charge is 2.24. The first-order chi connectivity index (χ1) is 10.1. The van der Waals surface area contributed by atoms with E-state index < -0.39 is 0 Å². The van der Waals surface area contributed by atoms with E-state index in [0.29, 0.717) is 36.8 Å². The summed E-state index contributed by atoms with van der Waals surface area (Å²) in [4.78, 5) is 25.9. The second-order valence-corrected chi connectivity index (χ2v) is 6.90. The van der Waals surface area contributed by atoms with Crippen LogP contribution in [-0.2, 0) is 4.79 Å². The molecule has 2 atom stereocenters. The Kier molecular flexibility index (Phi) is 5.79. The molecule has 2 heterocycles. The molecule has 5 heteroatoms. The average Bonchev–Trinajstić information content (AvgIpc) is 2.96. The summed E-state index contributed by atoms with van der Waals surface area (Å²) in [5, 5.41) is 6.57. The fourth-order valence-electron chi connectivity index (χ4n) is 2.96. The van der Waals surface area contributed by atoms with Crippen LogP contribution in [0.3, 0.4) is 0 Å². The van der Waals surface area contributed by atoms with Crippen LogP contribution in [0.25, 0.3) is 0 Å². The second kappa shape index (κ2) is 7.59. The minimum absolute atomic E-state index is 0.0519. The predicted molar refractivity (Wildman–Crippen MR) is 85.4 cm³/mol. The summed E-state index contributed by atoms with van der Waals surface area (Å²) in [5.74, 6) is 1.36. The van der Waals surface area contributed by atoms with Crippen LogP contribution in [0.1, 0.15) is 43.5 Å². The third-order valence-electron chi connectivity index (χ3n) is 3.86. The molecule has 1 aliphatic rings. The lowest BCUT2D eigenvalue weighted by molar-refractivity contribution is -0.133. The number of carbonyl (C=O) groups excluding carboxylic acids is 2. The summed E-state index contributed by atoms with van der Waals surface area (Å²) < 4.78 is 0. The van der Waals surface area contributed by atoms with Gasteiger partial charge in [0, 0.05) is 37.0 Å². The zero-order chi connectivity index (χ0) is 15.2. The van der Waals surface area contributed by atoms with Gasteiger partial charge in [-0.05, 0) is 36.1 Å². The van der Waals surface area contributed by atoms with E-state index in [0.717, 1.165) is 13.1 Å². The van der Waals surface area contributed by atoms with Gasteiger partial charge >= 0.3 is 0 Å². The summed E-state index contributed by atoms with van der Waals surface area (Å²) in [7, 11) is 0. The first-order valence-electron chi connectivity index (χ1n) is 7.64. The first kappa shape index (κ1) is 16.0. The van der Waals surface area contributed by atoms with Gasteiger partial charge in [-0.3, -0.25) is 9.59 Å². The molecule has 4 nitrogen and oxygen atoms in total. The maximum atomic E-state index is 12.2. The van der Waals surface area contributed by atoms with Crippen molar-refractivity contribution in [3.05, 3.63) is 22.4 Å². The highest BCUT2D eigenvalue weighted by molar-refractivity contribution is 7.08. The molecule has 21 heavy (non-hydrogen) atoms. The van der Waals surface area contributed by atoms with Gasteiger partial charge in [-0.25, -0.2) is 0 Å². The maximum absolute atomic E-state index is 12.2. The van der Waals surface area contributed by atoms with E-state index in [9.17, 15) is 9.59 Å². The van der Waals surface area contributed by atoms with Crippen LogP contribution in [0.15, 0.2) is 16.8 Å². The minimum Gasteiger partial charge on any atom is -0.352 e. The van der Waals surface area contributed by atoms with Gasteiger partial charge in [0.05, 0.1) is 0 Å². The molecule has 0 aliphatic carbocycles. The van der Waals surface area contributed by atoms with Gasteiger partial charge in [0.25, 0.3) is 5.91 Å². The van der Waals surface area contributed by atoms with Gasteiger partial charge in [0.1, 0.15) is 0 Å². The van der Waals surface area contributed by atoms with Crippen molar-refractivity contribution in [3.63, 3.8) is 0 Å². The number of amides is 2. The van der Waals surface area contributed by atoms with Crippen LogP contribution in [0, 0.1) is 11.8 Å². The molecule has 1 saturated heterocycles. The van der Waals surface area contributed by atoms with E-state index in [1.165, 1.54) is 17.8 Å². The SMILES string of the molecule is CC1CC(C)CN(C(=O)CCCNC(=O)c2ccsc2)C1. The van der Waals surface area contributed by atoms with Crippen molar-refractivity contribution < 1.29 is 9.59 Å². The number of carbonyl (C=O) groups is 2. The Hall–Kier alpha value is -1.36. The molecule has 2 unspecified atom stereocenters. The summed E-state index contributed by atoms with van der Waals surface area (Å²) >= 11 is 1.51. The Morgan fingerprint density at radius 2 is 2.05 bits per heavy atom. The Balaban J connectivity index is 1.66. The summed E-state index contributed by atoms with van der Waals surface area (Å²) in [5.41, 5.74) is 0.699. The Morgan fingerprint density at radius 1 is 1.33 bits per heavy atom. The van der Waals surface area contributed by atoms with Gasteiger partial charge in [0.15, 0.2) is 0 Å². The second-order valence-electron chi connectivity index (χ2n) is 6.12. The fraction of sp³-hybridized carbons (Fsp3) is 0.625. The molecule has 116 valence electrons. The van der Waals surface area contributed by atoms with Gasteiger partial charge in [-0.15, -0.1) is 0 Å². The first-order valence-corrected chi connectivity index (χ1v) is 8.58. The number of nitrogens with zero attached hydrogens (tertiary/aromatic N) is 1. The van der Waals surface area contributed by atoms with E-state index in [1.54, 1.807) is 0 Å². The quantitative estimate of drug-likeness (QED) is 0.850. The number of rotatable bonds is 5. The van der Waals surface area contributed by atoms with Gasteiger partial charge in [0.2, 0.25) is 5.91 Å². The predicted octanol–water partition coefficient (Wildman–Crippen LogP) is 2.76. The summed E-state index contributed by atoms with van der Waals surface area (Å²) in [6, 6.07) is 1.81. The third-order valence-corrected chi connectivity index (χ3v) is 4.54. The van der Waals surface area contributed by atoms with Gasteiger partial charge < -0.3 is 10.2 Å². The zero-order valence-electron chi connectivity index (χ0n) is 12.8. The lowest BCUT2D eigenvalue weighted by Gasteiger charge is -2.35. The van der Waals surface area contributed by atoms with Crippen LogP contribution in [0.4, 0.5) is 0 Å². The minimum atomic E-state index is -0.0519. The Bertz CT molecular complexity index is 463. The van der Waals surface area contributed by atoms with Crippen LogP contribution < -0.4 is 5.32 Å². The summed E-state index contributed by atoms with van der Waals surface area (Å²) in [6.07, 6.45) is 2.43. The molecule has 0 saturated carbocycles. The molecule has 1 aromatic rings. The van der Waals surface area contributed by atoms with E-state index in [4.69, 9.17) is 0 Å². The van der Waals surface area contributed by atoms with Crippen LogP contribution >= 0.6 is 11.3 Å². The number of piperidine rings is 1.